The number of rotatable bonds is 7. The molecule has 1 N–H and O–H groups in total. The number of sulfonamides is 1. The summed E-state index contributed by atoms with van der Waals surface area (Å²) in [6.07, 6.45) is 3.81. The van der Waals surface area contributed by atoms with E-state index in [-0.39, 0.29) is 11.8 Å². The number of halogens is 1. The molecule has 0 fully saturated rings. The van der Waals surface area contributed by atoms with Crippen LogP contribution in [-0.2, 0) is 16.4 Å². The highest BCUT2D eigenvalue weighted by Crippen LogP contribution is 2.16. The fraction of sp³-hybridized carbons (Fsp3) is 0.267. The summed E-state index contributed by atoms with van der Waals surface area (Å²) in [6.45, 7) is 0. The zero-order valence-corrected chi connectivity index (χ0v) is 13.8. The van der Waals surface area contributed by atoms with Crippen LogP contribution >= 0.6 is 15.9 Å². The third kappa shape index (κ3) is 5.22. The van der Waals surface area contributed by atoms with Crippen molar-refractivity contribution < 1.29 is 8.42 Å². The van der Waals surface area contributed by atoms with Gasteiger partial charge in [-0.15, -0.1) is 0 Å². The van der Waals surface area contributed by atoms with Crippen LogP contribution in [0.2, 0.25) is 0 Å². The number of alkyl halides is 1. The highest BCUT2D eigenvalue weighted by Gasteiger charge is 2.18. The molecule has 21 heavy (non-hydrogen) atoms. The molecule has 112 valence electrons. The minimum Gasteiger partial charge on any atom is -0.265 e. The van der Waals surface area contributed by atoms with Gasteiger partial charge in [-0.2, -0.15) is 0 Å². The van der Waals surface area contributed by atoms with Crippen LogP contribution in [0.25, 0.3) is 0 Å². The molecular weight excluding hydrogens is 352 g/mol. The van der Waals surface area contributed by atoms with Gasteiger partial charge in [-0.25, -0.2) is 13.1 Å². The van der Waals surface area contributed by atoms with E-state index in [1.807, 2.05) is 42.5 Å². The summed E-state index contributed by atoms with van der Waals surface area (Å²) in [5.41, 5.74) is 1.91. The fourth-order valence-corrected chi connectivity index (χ4v) is 3.98. The molecule has 0 aliphatic rings. The second-order valence-corrected chi connectivity index (χ2v) is 7.18. The van der Waals surface area contributed by atoms with E-state index in [1.165, 1.54) is 0 Å². The molecule has 0 spiro atoms. The molecule has 1 aromatic heterocycles. The first-order chi connectivity index (χ1) is 10.1. The van der Waals surface area contributed by atoms with Gasteiger partial charge in [0.1, 0.15) is 0 Å². The average molecular weight is 369 g/mol. The van der Waals surface area contributed by atoms with Crippen LogP contribution < -0.4 is 4.72 Å². The molecule has 0 bridgehead atoms. The van der Waals surface area contributed by atoms with Crippen LogP contribution in [0.4, 0.5) is 0 Å². The van der Waals surface area contributed by atoms with E-state index in [2.05, 4.69) is 25.6 Å². The van der Waals surface area contributed by atoms with E-state index in [4.69, 9.17) is 0 Å². The zero-order valence-electron chi connectivity index (χ0n) is 11.4. The van der Waals surface area contributed by atoms with Gasteiger partial charge >= 0.3 is 0 Å². The van der Waals surface area contributed by atoms with E-state index in [9.17, 15) is 8.42 Å². The fourth-order valence-electron chi connectivity index (χ4n) is 1.95. The number of hydrogen-bond acceptors (Lipinski definition) is 3. The Labute approximate surface area is 133 Å². The van der Waals surface area contributed by atoms with E-state index < -0.39 is 10.0 Å². The molecule has 2 rings (SSSR count). The Bertz CT molecular complexity index is 648. The first kappa shape index (κ1) is 16.1. The second kappa shape index (κ2) is 7.68. The summed E-state index contributed by atoms with van der Waals surface area (Å²) in [5.74, 6) is 0.0628. The van der Waals surface area contributed by atoms with Crippen LogP contribution in [0.1, 0.15) is 17.2 Å². The van der Waals surface area contributed by atoms with E-state index in [0.717, 1.165) is 11.1 Å². The first-order valence-electron chi connectivity index (χ1n) is 6.60. The summed E-state index contributed by atoms with van der Waals surface area (Å²) < 4.78 is 27.1. The van der Waals surface area contributed by atoms with Crippen molar-refractivity contribution in [2.45, 2.75) is 12.5 Å². The number of nitrogens with one attached hydrogen (secondary N) is 1. The Morgan fingerprint density at radius 3 is 2.38 bits per heavy atom. The Kier molecular flexibility index (Phi) is 5.90. The molecule has 0 saturated heterocycles. The van der Waals surface area contributed by atoms with Gasteiger partial charge in [-0.3, -0.25) is 4.98 Å². The Balaban J connectivity index is 1.99. The molecule has 4 nitrogen and oxygen atoms in total. The van der Waals surface area contributed by atoms with Crippen molar-refractivity contribution in [2.75, 3.05) is 11.1 Å². The molecule has 6 heteroatoms. The summed E-state index contributed by atoms with van der Waals surface area (Å²) in [5, 5.41) is 0.533. The predicted octanol–water partition coefficient (Wildman–Crippen LogP) is 2.68. The number of benzene rings is 1. The maximum Gasteiger partial charge on any atom is 0.212 e. The van der Waals surface area contributed by atoms with Crippen LogP contribution in [0.5, 0.6) is 0 Å². The topological polar surface area (TPSA) is 59.1 Å². The summed E-state index contributed by atoms with van der Waals surface area (Å²) in [6, 6.07) is 12.9. The monoisotopic (exact) mass is 368 g/mol. The molecule has 0 amide bonds. The van der Waals surface area contributed by atoms with Crippen molar-refractivity contribution in [3.05, 3.63) is 66.0 Å². The quantitative estimate of drug-likeness (QED) is 0.764. The van der Waals surface area contributed by atoms with Gasteiger partial charge in [0.25, 0.3) is 0 Å². The van der Waals surface area contributed by atoms with Gasteiger partial charge in [0.05, 0.1) is 11.8 Å². The van der Waals surface area contributed by atoms with Gasteiger partial charge in [-0.1, -0.05) is 46.3 Å². The third-order valence-electron chi connectivity index (χ3n) is 3.09. The van der Waals surface area contributed by atoms with Crippen LogP contribution in [-0.4, -0.2) is 24.5 Å². The normalized spacial score (nSPS) is 13.0. The molecule has 0 saturated carbocycles. The Morgan fingerprint density at radius 2 is 1.76 bits per heavy atom. The van der Waals surface area contributed by atoms with E-state index in [1.54, 1.807) is 12.4 Å². The van der Waals surface area contributed by atoms with Gasteiger partial charge < -0.3 is 0 Å². The smallest absolute Gasteiger partial charge is 0.212 e. The number of hydrogen-bond donors (Lipinski definition) is 1. The van der Waals surface area contributed by atoms with E-state index in [0.29, 0.717) is 11.8 Å². The Hall–Kier alpha value is -1.24. The van der Waals surface area contributed by atoms with E-state index >= 15 is 0 Å². The lowest BCUT2D eigenvalue weighted by molar-refractivity contribution is 0.568. The lowest BCUT2D eigenvalue weighted by Crippen LogP contribution is -2.32. The highest BCUT2D eigenvalue weighted by atomic mass is 79.9. The van der Waals surface area contributed by atoms with Crippen LogP contribution in [0.3, 0.4) is 0 Å². The summed E-state index contributed by atoms with van der Waals surface area (Å²) >= 11 is 3.37. The third-order valence-corrected chi connectivity index (χ3v) is 5.12. The lowest BCUT2D eigenvalue weighted by Gasteiger charge is -2.16. The van der Waals surface area contributed by atoms with Gasteiger partial charge in [-0.05, 0) is 29.7 Å². The molecule has 1 aromatic carbocycles. The largest absolute Gasteiger partial charge is 0.265 e. The zero-order chi connectivity index (χ0) is 15.1. The predicted molar refractivity (Wildman–Crippen MR) is 87.8 cm³/mol. The van der Waals surface area contributed by atoms with Crippen LogP contribution in [0, 0.1) is 0 Å². The standard InChI is InChI=1S/C15H17BrN2O2S/c16-12-15(14-4-2-1-3-5-14)18-21(19,20)11-8-13-6-9-17-10-7-13/h1-7,9-10,15,18H,8,11-12H2. The molecule has 2 aromatic rings. The maximum atomic E-state index is 12.2. The lowest BCUT2D eigenvalue weighted by atomic mass is 10.1. The summed E-state index contributed by atoms with van der Waals surface area (Å²) in [4.78, 5) is 3.92. The van der Waals surface area contributed by atoms with Gasteiger partial charge in [0, 0.05) is 17.7 Å². The molecule has 1 atom stereocenters. The molecule has 1 heterocycles. The van der Waals surface area contributed by atoms with Crippen molar-refractivity contribution in [3.63, 3.8) is 0 Å². The average Bonchev–Trinajstić information content (AvgIpc) is 2.53. The van der Waals surface area contributed by atoms with Crippen molar-refractivity contribution in [3.8, 4) is 0 Å². The van der Waals surface area contributed by atoms with Crippen LogP contribution in [0.15, 0.2) is 54.9 Å². The van der Waals surface area contributed by atoms with Gasteiger partial charge in [0.15, 0.2) is 0 Å². The molecule has 1 unspecified atom stereocenters. The van der Waals surface area contributed by atoms with Crippen molar-refractivity contribution in [1.29, 1.82) is 0 Å². The number of aromatic nitrogens is 1. The Morgan fingerprint density at radius 1 is 1.10 bits per heavy atom. The minimum absolute atomic E-state index is 0.0628. The SMILES string of the molecule is O=S(=O)(CCc1ccncc1)NC(CBr)c1ccccc1. The number of aryl methyl sites for hydroxylation is 1. The molecular formula is C15H17BrN2O2S. The van der Waals surface area contributed by atoms with Crippen molar-refractivity contribution >= 4 is 26.0 Å². The number of nitrogens with zero attached hydrogens (tertiary/aromatic N) is 1. The van der Waals surface area contributed by atoms with Gasteiger partial charge in [0.2, 0.25) is 10.0 Å². The number of pyridine rings is 1. The summed E-state index contributed by atoms with van der Waals surface area (Å²) in [7, 11) is -3.34. The molecule has 0 aliphatic heterocycles. The minimum atomic E-state index is -3.34. The van der Waals surface area contributed by atoms with Crippen molar-refractivity contribution in [1.82, 2.24) is 9.71 Å². The van der Waals surface area contributed by atoms with Crippen molar-refractivity contribution in [2.24, 2.45) is 0 Å². The second-order valence-electron chi connectivity index (χ2n) is 4.66. The highest BCUT2D eigenvalue weighted by molar-refractivity contribution is 9.09. The maximum absolute atomic E-state index is 12.2. The molecule has 0 aliphatic carbocycles. The first-order valence-corrected chi connectivity index (χ1v) is 9.38. The molecule has 0 radical (unpaired) electrons.